The monoisotopic (exact) mass is 780 g/mol. The second kappa shape index (κ2) is 13.1. The summed E-state index contributed by atoms with van der Waals surface area (Å²) in [4.78, 5) is 36.4. The standard InChI is InChI=1S/C24H28F2N10O10P2S2/c25-13-17-11-3-41-48(40,50)46-18-12(4-42-47(39,49)45-17)44-24(14(18)26)36-8-34-16-20(30-6-32-22(16)36)28-2-10(38)9(37)1-27-19-15-21(31-5-29-19)35(7-33-15)23(13)43-11/h5-14,17-18,23-24,37-38H,1-4H2,(H,39,49)(H,40,50)(H,27,29,31)(H,28,30,32)/t9-,10-,11+,12+,13+,14+,17+,18+,23+,24?,47?,48?/m0/s1. The van der Waals surface area contributed by atoms with Gasteiger partial charge in [-0.2, -0.15) is 0 Å². The van der Waals surface area contributed by atoms with Crippen molar-refractivity contribution >= 4 is 71.5 Å². The summed E-state index contributed by atoms with van der Waals surface area (Å²) < 4.78 is 82.6. The quantitative estimate of drug-likeness (QED) is 0.107. The minimum Gasteiger partial charge on any atom is -0.389 e. The summed E-state index contributed by atoms with van der Waals surface area (Å²) in [6.07, 6.45) is -11.0. The van der Waals surface area contributed by atoms with E-state index in [2.05, 4.69) is 52.8 Å². The minimum atomic E-state index is -4.42. The van der Waals surface area contributed by atoms with Crippen LogP contribution in [0.2, 0.25) is 0 Å². The summed E-state index contributed by atoms with van der Waals surface area (Å²) in [6, 6.07) is 0. The van der Waals surface area contributed by atoms with Gasteiger partial charge in [0.15, 0.2) is 58.8 Å². The summed E-state index contributed by atoms with van der Waals surface area (Å²) in [5.41, 5.74) is 0.520. The fraction of sp³-hybridized carbons (Fsp3) is 0.583. The number of aromatic nitrogens is 8. The van der Waals surface area contributed by atoms with E-state index in [0.29, 0.717) is 0 Å². The zero-order chi connectivity index (χ0) is 34.9. The average Bonchev–Trinajstić information content (AvgIpc) is 3.85. The van der Waals surface area contributed by atoms with E-state index < -0.39 is 88.2 Å². The highest BCUT2D eigenvalue weighted by Crippen LogP contribution is 2.58. The van der Waals surface area contributed by atoms with Crippen molar-refractivity contribution < 1.29 is 56.0 Å². The topological polar surface area (TPSA) is 244 Å². The van der Waals surface area contributed by atoms with Crippen LogP contribution in [-0.2, 0) is 43.9 Å². The molecule has 0 spiro atoms. The molecule has 3 fully saturated rings. The lowest BCUT2D eigenvalue weighted by Crippen LogP contribution is -2.37. The van der Waals surface area contributed by atoms with Crippen LogP contribution < -0.4 is 10.6 Å². The highest BCUT2D eigenvalue weighted by molar-refractivity contribution is 8.44. The van der Waals surface area contributed by atoms with Crippen LogP contribution in [0.5, 0.6) is 0 Å². The molecule has 4 aromatic heterocycles. The Kier molecular flexibility index (Phi) is 9.06. The van der Waals surface area contributed by atoms with Crippen LogP contribution in [0.4, 0.5) is 20.4 Å². The predicted octanol–water partition coefficient (Wildman–Crippen LogP) is 0.768. The number of fused-ring (bicyclic) bond motifs is 11. The molecule has 26 heteroatoms. The van der Waals surface area contributed by atoms with E-state index in [1.807, 2.05) is 0 Å². The number of aliphatic hydroxyl groups excluding tert-OH is 2. The highest BCUT2D eigenvalue weighted by atomic mass is 32.7. The van der Waals surface area contributed by atoms with Crippen LogP contribution in [-0.4, -0.2) is 129 Å². The van der Waals surface area contributed by atoms with Crippen molar-refractivity contribution in [2.45, 2.75) is 61.4 Å². The summed E-state index contributed by atoms with van der Waals surface area (Å²) in [5.74, 6) is 0.302. The Balaban J connectivity index is 1.21. The van der Waals surface area contributed by atoms with Crippen molar-refractivity contribution in [1.82, 2.24) is 39.0 Å². The number of nitrogens with one attached hydrogen (secondary N) is 2. The first-order valence-corrected chi connectivity index (χ1v) is 20.3. The van der Waals surface area contributed by atoms with Gasteiger partial charge in [-0.15, -0.1) is 0 Å². The maximum absolute atomic E-state index is 16.3. The molecule has 50 heavy (non-hydrogen) atoms. The Morgan fingerprint density at radius 3 is 1.80 bits per heavy atom. The first kappa shape index (κ1) is 34.5. The van der Waals surface area contributed by atoms with Crippen molar-refractivity contribution in [1.29, 1.82) is 0 Å². The number of rotatable bonds is 0. The number of ether oxygens (including phenoxy) is 2. The molecule has 20 nitrogen and oxygen atoms in total. The Hall–Kier alpha value is -2.57. The lowest BCUT2D eigenvalue weighted by Gasteiger charge is -2.29. The van der Waals surface area contributed by atoms with E-state index in [9.17, 15) is 19.7 Å². The molecule has 3 unspecified atom stereocenters. The fourth-order valence-electron chi connectivity index (χ4n) is 6.07. The molecule has 3 saturated heterocycles. The third kappa shape index (κ3) is 6.29. The van der Waals surface area contributed by atoms with E-state index in [1.54, 1.807) is 0 Å². The number of anilines is 2. The van der Waals surface area contributed by atoms with Gasteiger partial charge in [-0.05, 0) is 11.8 Å². The third-order valence-corrected chi connectivity index (χ3v) is 11.7. The SMILES string of the molecule is O=P1(S)OC[C@H]2OC3[C@H](F)[C@@H]2OP(O)(=S)OC[C@H]2O[C@H]([C@H](F)[C@@H]2O1)n1cnc2c(ncnc21)NC[C@H](O)[C@@H](O)CNc1ncnc2c1ncn23. The van der Waals surface area contributed by atoms with E-state index in [0.717, 1.165) is 0 Å². The van der Waals surface area contributed by atoms with Gasteiger partial charge in [0.2, 0.25) is 0 Å². The molecule has 0 amide bonds. The molecule has 12 atom stereocenters. The molecule has 14 bridgehead atoms. The van der Waals surface area contributed by atoms with Gasteiger partial charge < -0.3 is 39.7 Å². The van der Waals surface area contributed by atoms with Gasteiger partial charge in [0.1, 0.15) is 37.1 Å². The number of thiol groups is 1. The molecule has 0 saturated carbocycles. The molecule has 270 valence electrons. The number of halogens is 2. The van der Waals surface area contributed by atoms with Crippen LogP contribution in [0, 0.1) is 0 Å². The number of imidazole rings is 2. The van der Waals surface area contributed by atoms with Gasteiger partial charge in [-0.1, -0.05) is 12.2 Å². The Morgan fingerprint density at radius 1 is 0.800 bits per heavy atom. The number of nitrogens with zero attached hydrogens (tertiary/aromatic N) is 8. The molecular weight excluding hydrogens is 752 g/mol. The maximum Gasteiger partial charge on any atom is 0.386 e. The molecule has 0 radical (unpaired) electrons. The fourth-order valence-corrected chi connectivity index (χ4v) is 8.99. The van der Waals surface area contributed by atoms with E-state index in [-0.39, 0.29) is 47.1 Å². The van der Waals surface area contributed by atoms with Crippen molar-refractivity contribution in [3.63, 3.8) is 0 Å². The largest absolute Gasteiger partial charge is 0.389 e. The first-order valence-electron chi connectivity index (χ1n) is 15.0. The van der Waals surface area contributed by atoms with Crippen molar-refractivity contribution in [3.05, 3.63) is 25.3 Å². The molecular formula is C24H28F2N10O10P2S2. The Bertz CT molecular complexity index is 1880. The molecule has 4 aromatic rings. The number of alkyl halides is 2. The van der Waals surface area contributed by atoms with Crippen LogP contribution in [0.25, 0.3) is 22.3 Å². The number of hydrogen-bond donors (Lipinski definition) is 6. The van der Waals surface area contributed by atoms with Gasteiger partial charge in [0, 0.05) is 13.1 Å². The minimum absolute atomic E-state index is 0.0983. The van der Waals surface area contributed by atoms with Gasteiger partial charge in [-0.3, -0.25) is 22.7 Å². The van der Waals surface area contributed by atoms with E-state index in [4.69, 9.17) is 39.4 Å². The second-order valence-electron chi connectivity index (χ2n) is 11.7. The third-order valence-electron chi connectivity index (χ3n) is 8.51. The predicted molar refractivity (Wildman–Crippen MR) is 172 cm³/mol. The normalized spacial score (nSPS) is 39.6. The van der Waals surface area contributed by atoms with E-state index >= 15 is 8.78 Å². The molecule has 0 aliphatic carbocycles. The zero-order valence-electron chi connectivity index (χ0n) is 25.2. The van der Waals surface area contributed by atoms with Gasteiger partial charge in [0.05, 0.1) is 38.1 Å². The van der Waals surface area contributed by atoms with Gasteiger partial charge in [0.25, 0.3) is 0 Å². The Labute approximate surface area is 289 Å². The van der Waals surface area contributed by atoms with Crippen LogP contribution in [0.1, 0.15) is 12.5 Å². The van der Waals surface area contributed by atoms with Gasteiger partial charge >= 0.3 is 13.5 Å². The molecule has 9 rings (SSSR count). The smallest absolute Gasteiger partial charge is 0.386 e. The Morgan fingerprint density at radius 2 is 1.28 bits per heavy atom. The lowest BCUT2D eigenvalue weighted by molar-refractivity contribution is -0.0564. The number of aliphatic hydroxyl groups is 2. The zero-order valence-corrected chi connectivity index (χ0v) is 28.7. The molecule has 5 aliphatic heterocycles. The van der Waals surface area contributed by atoms with Crippen molar-refractivity contribution in [2.24, 2.45) is 0 Å². The molecule has 5 aliphatic rings. The number of hydrogen-bond acceptors (Lipinski definition) is 18. The van der Waals surface area contributed by atoms with Crippen LogP contribution >= 0.6 is 25.8 Å². The van der Waals surface area contributed by atoms with Crippen LogP contribution in [0.3, 0.4) is 0 Å². The summed E-state index contributed by atoms with van der Waals surface area (Å²) >= 11 is 9.25. The average molecular weight is 781 g/mol. The highest BCUT2D eigenvalue weighted by Gasteiger charge is 2.54. The summed E-state index contributed by atoms with van der Waals surface area (Å²) in [7, 11) is 0. The van der Waals surface area contributed by atoms with Crippen molar-refractivity contribution in [3.8, 4) is 0 Å². The van der Waals surface area contributed by atoms with Gasteiger partial charge in [-0.25, -0.2) is 43.2 Å². The van der Waals surface area contributed by atoms with Crippen molar-refractivity contribution in [2.75, 3.05) is 36.9 Å². The summed E-state index contributed by atoms with van der Waals surface area (Å²) in [6.45, 7) is -10.4. The van der Waals surface area contributed by atoms with Crippen LogP contribution in [0.15, 0.2) is 25.3 Å². The summed E-state index contributed by atoms with van der Waals surface area (Å²) in [5, 5.41) is 27.3. The lowest BCUT2D eigenvalue weighted by atomic mass is 10.1. The first-order chi connectivity index (χ1) is 23.9. The second-order valence-corrected chi connectivity index (χ2v) is 17.3. The molecule has 9 heterocycles. The maximum atomic E-state index is 16.3. The molecule has 0 aromatic carbocycles. The molecule has 5 N–H and O–H groups in total. The van der Waals surface area contributed by atoms with E-state index in [1.165, 1.54) is 34.4 Å².